The van der Waals surface area contributed by atoms with Gasteiger partial charge in [-0.1, -0.05) is 19.9 Å². The molecule has 1 saturated heterocycles. The molecule has 2 rings (SSSR count). The van der Waals surface area contributed by atoms with E-state index >= 15 is 0 Å². The van der Waals surface area contributed by atoms with Gasteiger partial charge < -0.3 is 14.2 Å². The summed E-state index contributed by atoms with van der Waals surface area (Å²) in [6.07, 6.45) is 0. The van der Waals surface area contributed by atoms with E-state index in [0.717, 1.165) is 31.7 Å². The van der Waals surface area contributed by atoms with Crippen LogP contribution in [0.1, 0.15) is 19.4 Å². The molecule has 1 aromatic carbocycles. The average molecular weight is 405 g/mol. The first-order valence-corrected chi connectivity index (χ1v) is 10.7. The Kier molecular flexibility index (Phi) is 9.86. The molecule has 0 aliphatic carbocycles. The molecule has 1 fully saturated rings. The second kappa shape index (κ2) is 11.3. The van der Waals surface area contributed by atoms with E-state index in [1.54, 1.807) is 21.3 Å². The van der Waals surface area contributed by atoms with Crippen LogP contribution in [0.2, 0.25) is 0 Å². The van der Waals surface area contributed by atoms with E-state index in [2.05, 4.69) is 4.90 Å². The van der Waals surface area contributed by atoms with Gasteiger partial charge in [0.05, 0.1) is 27.1 Å². The van der Waals surface area contributed by atoms with Crippen LogP contribution in [0.5, 0.6) is 17.2 Å². The lowest BCUT2D eigenvalue weighted by Gasteiger charge is -2.34. The van der Waals surface area contributed by atoms with Crippen LogP contribution in [0.15, 0.2) is 12.1 Å². The average Bonchev–Trinajstić information content (AvgIpc) is 2.67. The fourth-order valence-electron chi connectivity index (χ4n) is 2.94. The van der Waals surface area contributed by atoms with Crippen molar-refractivity contribution in [1.29, 1.82) is 0 Å². The molecule has 0 bridgehead atoms. The fraction of sp³-hybridized carbons (Fsp3) is 0.667. The molecule has 1 aliphatic heterocycles. The van der Waals surface area contributed by atoms with Crippen molar-refractivity contribution in [2.45, 2.75) is 20.4 Å². The van der Waals surface area contributed by atoms with Gasteiger partial charge in [0.1, 0.15) is 0 Å². The van der Waals surface area contributed by atoms with Crippen molar-refractivity contribution in [2.75, 3.05) is 59.8 Å². The van der Waals surface area contributed by atoms with E-state index < -0.39 is 10.1 Å². The highest BCUT2D eigenvalue weighted by Gasteiger charge is 2.21. The molecule has 0 radical (unpaired) electrons. The van der Waals surface area contributed by atoms with Gasteiger partial charge in [0.2, 0.25) is 5.75 Å². The van der Waals surface area contributed by atoms with Gasteiger partial charge in [-0.15, -0.1) is 0 Å². The van der Waals surface area contributed by atoms with E-state index in [-0.39, 0.29) is 5.75 Å². The molecule has 1 aromatic rings. The number of hydrogen-bond donors (Lipinski definition) is 1. The van der Waals surface area contributed by atoms with Crippen LogP contribution in [0.4, 0.5) is 0 Å². The quantitative estimate of drug-likeness (QED) is 0.656. The predicted molar refractivity (Wildman–Crippen MR) is 106 cm³/mol. The Balaban J connectivity index is 0.00000176. The van der Waals surface area contributed by atoms with Gasteiger partial charge >= 0.3 is 0 Å². The minimum absolute atomic E-state index is 0.226. The van der Waals surface area contributed by atoms with Crippen molar-refractivity contribution in [1.82, 2.24) is 9.80 Å². The summed E-state index contributed by atoms with van der Waals surface area (Å²) in [4.78, 5) is 4.31. The summed E-state index contributed by atoms with van der Waals surface area (Å²) < 4.78 is 46.8. The molecule has 8 nitrogen and oxygen atoms in total. The summed E-state index contributed by atoms with van der Waals surface area (Å²) in [6.45, 7) is 8.18. The Morgan fingerprint density at radius 1 is 0.926 bits per heavy atom. The summed E-state index contributed by atoms with van der Waals surface area (Å²) in [6, 6.07) is 3.82. The van der Waals surface area contributed by atoms with Crippen LogP contribution >= 0.6 is 0 Å². The number of hydrogen-bond acceptors (Lipinski definition) is 7. The summed E-state index contributed by atoms with van der Waals surface area (Å²) in [5, 5.41) is 0. The molecule has 0 atom stereocenters. The zero-order valence-corrected chi connectivity index (χ0v) is 17.7. The summed E-state index contributed by atoms with van der Waals surface area (Å²) in [7, 11) is 0.866. The first-order valence-electron chi connectivity index (χ1n) is 9.05. The summed E-state index contributed by atoms with van der Waals surface area (Å²) in [5.74, 6) is 1.64. The monoisotopic (exact) mass is 404 g/mol. The third-order valence-electron chi connectivity index (χ3n) is 4.31. The topological polar surface area (TPSA) is 88.5 Å². The first kappa shape index (κ1) is 23.5. The lowest BCUT2D eigenvalue weighted by molar-refractivity contribution is 0.131. The molecule has 0 amide bonds. The highest BCUT2D eigenvalue weighted by Crippen LogP contribution is 2.40. The van der Waals surface area contributed by atoms with Crippen molar-refractivity contribution >= 4 is 10.1 Å². The van der Waals surface area contributed by atoms with Crippen molar-refractivity contribution in [3.05, 3.63) is 17.7 Å². The summed E-state index contributed by atoms with van der Waals surface area (Å²) >= 11 is 0. The Hall–Kier alpha value is -1.55. The van der Waals surface area contributed by atoms with E-state index in [1.165, 1.54) is 0 Å². The van der Waals surface area contributed by atoms with E-state index in [9.17, 15) is 8.42 Å². The molecule has 27 heavy (non-hydrogen) atoms. The standard InChI is InChI=1S/C16H26N2O6S.C2H6/c1-22-14-5-4-13(15(23-2)16(14)24-3)12-18-8-6-17(7-9-18)10-11-25(19,20)21;1-2/h4-5H,6-12H2,1-3H3,(H,19,20,21);1-2H3. The molecular weight excluding hydrogens is 372 g/mol. The molecule has 0 spiro atoms. The number of nitrogens with zero attached hydrogens (tertiary/aromatic N) is 2. The summed E-state index contributed by atoms with van der Waals surface area (Å²) in [5.41, 5.74) is 1.01. The minimum Gasteiger partial charge on any atom is -0.493 e. The van der Waals surface area contributed by atoms with Crippen LogP contribution in [0, 0.1) is 0 Å². The molecule has 9 heteroatoms. The highest BCUT2D eigenvalue weighted by atomic mass is 32.2. The van der Waals surface area contributed by atoms with Gasteiger partial charge in [-0.25, -0.2) is 0 Å². The Labute approximate surface area is 162 Å². The lowest BCUT2D eigenvalue weighted by Crippen LogP contribution is -2.47. The third-order valence-corrected chi connectivity index (χ3v) is 5.01. The van der Waals surface area contributed by atoms with Gasteiger partial charge in [0.15, 0.2) is 11.5 Å². The molecular formula is C18H32N2O6S. The Morgan fingerprint density at radius 2 is 1.48 bits per heavy atom. The fourth-order valence-corrected chi connectivity index (χ4v) is 3.43. The molecule has 1 heterocycles. The maximum absolute atomic E-state index is 10.8. The normalized spacial score (nSPS) is 15.6. The number of piperazine rings is 1. The van der Waals surface area contributed by atoms with Gasteiger partial charge in [-0.3, -0.25) is 14.4 Å². The third kappa shape index (κ3) is 7.17. The van der Waals surface area contributed by atoms with E-state index in [1.807, 2.05) is 30.9 Å². The van der Waals surface area contributed by atoms with Crippen molar-refractivity contribution in [3.8, 4) is 17.2 Å². The van der Waals surface area contributed by atoms with Crippen molar-refractivity contribution in [2.24, 2.45) is 0 Å². The van der Waals surface area contributed by atoms with Crippen LogP contribution in [0.3, 0.4) is 0 Å². The smallest absolute Gasteiger partial charge is 0.266 e. The highest BCUT2D eigenvalue weighted by molar-refractivity contribution is 7.85. The van der Waals surface area contributed by atoms with Crippen molar-refractivity contribution in [3.63, 3.8) is 0 Å². The van der Waals surface area contributed by atoms with Crippen LogP contribution in [-0.4, -0.2) is 82.6 Å². The van der Waals surface area contributed by atoms with Gasteiger partial charge in [-0.05, 0) is 6.07 Å². The second-order valence-electron chi connectivity index (χ2n) is 5.90. The largest absolute Gasteiger partial charge is 0.493 e. The molecule has 1 N–H and O–H groups in total. The number of rotatable bonds is 8. The molecule has 0 saturated carbocycles. The zero-order valence-electron chi connectivity index (χ0n) is 16.9. The molecule has 0 aromatic heterocycles. The molecule has 1 aliphatic rings. The van der Waals surface area contributed by atoms with Gasteiger partial charge in [-0.2, -0.15) is 8.42 Å². The Morgan fingerprint density at radius 3 is 1.96 bits per heavy atom. The number of methoxy groups -OCH3 is 3. The first-order chi connectivity index (χ1) is 12.9. The van der Waals surface area contributed by atoms with Crippen molar-refractivity contribution < 1.29 is 27.2 Å². The van der Waals surface area contributed by atoms with Gasteiger partial charge in [0, 0.05) is 44.8 Å². The number of benzene rings is 1. The van der Waals surface area contributed by atoms with Crippen LogP contribution < -0.4 is 14.2 Å². The van der Waals surface area contributed by atoms with Crippen LogP contribution in [-0.2, 0) is 16.7 Å². The van der Waals surface area contributed by atoms with E-state index in [4.69, 9.17) is 18.8 Å². The Bertz CT molecular complexity index is 673. The lowest BCUT2D eigenvalue weighted by atomic mass is 10.1. The molecule has 0 unspecified atom stereocenters. The maximum atomic E-state index is 10.8. The van der Waals surface area contributed by atoms with E-state index in [0.29, 0.717) is 30.3 Å². The molecule has 156 valence electrons. The second-order valence-corrected chi connectivity index (χ2v) is 7.47. The zero-order chi connectivity index (χ0) is 20.4. The van der Waals surface area contributed by atoms with Crippen LogP contribution in [0.25, 0.3) is 0 Å². The maximum Gasteiger partial charge on any atom is 0.266 e. The minimum atomic E-state index is -3.91. The predicted octanol–water partition coefficient (Wildman–Crippen LogP) is 1.74. The SMILES string of the molecule is CC.COc1ccc(CN2CCN(CCS(=O)(=O)O)CC2)c(OC)c1OC. The van der Waals surface area contributed by atoms with Gasteiger partial charge in [0.25, 0.3) is 10.1 Å². The number of ether oxygens (including phenoxy) is 3.